The maximum absolute atomic E-state index is 12.1. The SMILES string of the molecule is COC(=O)c1ccc(N)c(OCC(=O)Nc2ccc(Oc3ccccc3)cc2)c1. The van der Waals surface area contributed by atoms with Crippen molar-refractivity contribution in [1.82, 2.24) is 0 Å². The summed E-state index contributed by atoms with van der Waals surface area (Å²) in [4.78, 5) is 23.7. The number of carbonyl (C=O) groups is 2. The molecule has 3 aromatic carbocycles. The van der Waals surface area contributed by atoms with E-state index >= 15 is 0 Å². The van der Waals surface area contributed by atoms with E-state index in [4.69, 9.17) is 15.2 Å². The number of amides is 1. The fourth-order valence-corrected chi connectivity index (χ4v) is 2.48. The van der Waals surface area contributed by atoms with Crippen molar-refractivity contribution in [1.29, 1.82) is 0 Å². The maximum Gasteiger partial charge on any atom is 0.337 e. The van der Waals surface area contributed by atoms with Gasteiger partial charge in [0.1, 0.15) is 17.2 Å². The summed E-state index contributed by atoms with van der Waals surface area (Å²) in [5.41, 5.74) is 7.02. The summed E-state index contributed by atoms with van der Waals surface area (Å²) in [5.74, 6) is 0.721. The molecule has 0 bridgehead atoms. The largest absolute Gasteiger partial charge is 0.482 e. The van der Waals surface area contributed by atoms with Gasteiger partial charge in [-0.1, -0.05) is 18.2 Å². The van der Waals surface area contributed by atoms with E-state index in [0.29, 0.717) is 17.1 Å². The second-order valence-electron chi connectivity index (χ2n) is 6.02. The Morgan fingerprint density at radius 3 is 2.31 bits per heavy atom. The van der Waals surface area contributed by atoms with Gasteiger partial charge in [-0.05, 0) is 54.6 Å². The Kier molecular flexibility index (Phi) is 6.32. The number of anilines is 2. The minimum atomic E-state index is -0.517. The first kappa shape index (κ1) is 19.8. The number of nitrogens with one attached hydrogen (secondary N) is 1. The molecule has 0 aliphatic carbocycles. The van der Waals surface area contributed by atoms with Crippen molar-refractivity contribution in [2.24, 2.45) is 0 Å². The molecule has 0 saturated heterocycles. The van der Waals surface area contributed by atoms with E-state index in [0.717, 1.165) is 5.75 Å². The van der Waals surface area contributed by atoms with E-state index in [9.17, 15) is 9.59 Å². The molecule has 0 spiro atoms. The van der Waals surface area contributed by atoms with Gasteiger partial charge in [0, 0.05) is 5.69 Å². The minimum absolute atomic E-state index is 0.231. The molecule has 0 fully saturated rings. The van der Waals surface area contributed by atoms with E-state index in [2.05, 4.69) is 10.1 Å². The van der Waals surface area contributed by atoms with Crippen LogP contribution in [0.25, 0.3) is 0 Å². The third-order valence-electron chi connectivity index (χ3n) is 3.91. The molecule has 0 aliphatic rings. The van der Waals surface area contributed by atoms with Crippen molar-refractivity contribution in [3.8, 4) is 17.2 Å². The number of nitrogen functional groups attached to an aromatic ring is 1. The number of esters is 1. The Morgan fingerprint density at radius 1 is 0.931 bits per heavy atom. The lowest BCUT2D eigenvalue weighted by Crippen LogP contribution is -2.20. The van der Waals surface area contributed by atoms with E-state index in [1.807, 2.05) is 30.3 Å². The van der Waals surface area contributed by atoms with Crippen LogP contribution in [0.15, 0.2) is 72.8 Å². The highest BCUT2D eigenvalue weighted by Gasteiger charge is 2.11. The number of para-hydroxylation sites is 1. The zero-order valence-electron chi connectivity index (χ0n) is 15.8. The predicted molar refractivity (Wildman–Crippen MR) is 109 cm³/mol. The molecule has 148 valence electrons. The Bertz CT molecular complexity index is 988. The van der Waals surface area contributed by atoms with Gasteiger partial charge in [-0.25, -0.2) is 4.79 Å². The summed E-state index contributed by atoms with van der Waals surface area (Å²) in [6.07, 6.45) is 0. The van der Waals surface area contributed by atoms with Crippen molar-refractivity contribution < 1.29 is 23.8 Å². The van der Waals surface area contributed by atoms with Gasteiger partial charge in [0.05, 0.1) is 18.4 Å². The van der Waals surface area contributed by atoms with E-state index in [1.165, 1.54) is 25.3 Å². The van der Waals surface area contributed by atoms with Crippen LogP contribution in [0, 0.1) is 0 Å². The van der Waals surface area contributed by atoms with Gasteiger partial charge in [0.15, 0.2) is 6.61 Å². The van der Waals surface area contributed by atoms with Gasteiger partial charge in [-0.2, -0.15) is 0 Å². The molecule has 3 aromatic rings. The summed E-state index contributed by atoms with van der Waals surface area (Å²) < 4.78 is 15.8. The molecular formula is C22H20N2O5. The van der Waals surface area contributed by atoms with Crippen LogP contribution in [-0.4, -0.2) is 25.6 Å². The highest BCUT2D eigenvalue weighted by Crippen LogP contribution is 2.24. The molecule has 3 N–H and O–H groups in total. The number of hydrogen-bond acceptors (Lipinski definition) is 6. The number of ether oxygens (including phenoxy) is 3. The molecule has 1 amide bonds. The van der Waals surface area contributed by atoms with Crippen LogP contribution in [0.1, 0.15) is 10.4 Å². The molecule has 7 heteroatoms. The summed E-state index contributed by atoms with van der Waals surface area (Å²) in [7, 11) is 1.28. The van der Waals surface area contributed by atoms with Crippen molar-refractivity contribution >= 4 is 23.3 Å². The number of hydrogen-bond donors (Lipinski definition) is 2. The molecule has 3 rings (SSSR count). The van der Waals surface area contributed by atoms with Crippen LogP contribution in [0.5, 0.6) is 17.2 Å². The molecule has 0 aliphatic heterocycles. The van der Waals surface area contributed by atoms with E-state index in [1.54, 1.807) is 24.3 Å². The van der Waals surface area contributed by atoms with Gasteiger partial charge in [0.25, 0.3) is 5.91 Å². The summed E-state index contributed by atoms with van der Waals surface area (Å²) >= 11 is 0. The fraction of sp³-hybridized carbons (Fsp3) is 0.0909. The highest BCUT2D eigenvalue weighted by atomic mass is 16.5. The van der Waals surface area contributed by atoms with Gasteiger partial charge < -0.3 is 25.3 Å². The Balaban J connectivity index is 1.55. The Labute approximate surface area is 168 Å². The summed E-state index contributed by atoms with van der Waals surface area (Å²) in [6.45, 7) is -0.267. The first-order valence-electron chi connectivity index (χ1n) is 8.78. The molecule has 0 unspecified atom stereocenters. The lowest BCUT2D eigenvalue weighted by atomic mass is 10.2. The van der Waals surface area contributed by atoms with Crippen LogP contribution >= 0.6 is 0 Å². The smallest absolute Gasteiger partial charge is 0.337 e. The number of carbonyl (C=O) groups excluding carboxylic acids is 2. The molecule has 0 radical (unpaired) electrons. The van der Waals surface area contributed by atoms with Crippen LogP contribution in [0.4, 0.5) is 11.4 Å². The fourth-order valence-electron chi connectivity index (χ4n) is 2.48. The number of rotatable bonds is 7. The average molecular weight is 392 g/mol. The first-order chi connectivity index (χ1) is 14.0. The standard InChI is InChI=1S/C22H20N2O5/c1-27-22(26)15-7-12-19(23)20(13-15)28-14-21(25)24-16-8-10-18(11-9-16)29-17-5-3-2-4-6-17/h2-13H,14,23H2,1H3,(H,24,25). The Morgan fingerprint density at radius 2 is 1.62 bits per heavy atom. The monoisotopic (exact) mass is 392 g/mol. The molecular weight excluding hydrogens is 372 g/mol. The average Bonchev–Trinajstić information content (AvgIpc) is 2.75. The number of benzene rings is 3. The van der Waals surface area contributed by atoms with Crippen molar-refractivity contribution in [2.45, 2.75) is 0 Å². The van der Waals surface area contributed by atoms with Crippen LogP contribution in [0.3, 0.4) is 0 Å². The van der Waals surface area contributed by atoms with Gasteiger partial charge in [-0.3, -0.25) is 4.79 Å². The minimum Gasteiger partial charge on any atom is -0.482 e. The number of methoxy groups -OCH3 is 1. The van der Waals surface area contributed by atoms with E-state index < -0.39 is 5.97 Å². The molecule has 0 atom stereocenters. The molecule has 0 aromatic heterocycles. The molecule has 0 saturated carbocycles. The zero-order chi connectivity index (χ0) is 20.6. The van der Waals surface area contributed by atoms with Crippen molar-refractivity contribution in [3.63, 3.8) is 0 Å². The topological polar surface area (TPSA) is 99.9 Å². The third kappa shape index (κ3) is 5.49. The second-order valence-corrected chi connectivity index (χ2v) is 6.02. The highest BCUT2D eigenvalue weighted by molar-refractivity contribution is 5.92. The second kappa shape index (κ2) is 9.27. The third-order valence-corrected chi connectivity index (χ3v) is 3.91. The van der Waals surface area contributed by atoms with Crippen molar-refractivity contribution in [2.75, 3.05) is 24.8 Å². The molecule has 7 nitrogen and oxygen atoms in total. The maximum atomic E-state index is 12.1. The summed E-state index contributed by atoms with van der Waals surface area (Å²) in [5, 5.41) is 2.72. The van der Waals surface area contributed by atoms with Gasteiger partial charge in [-0.15, -0.1) is 0 Å². The molecule has 0 heterocycles. The predicted octanol–water partition coefficient (Wildman–Crippen LogP) is 3.87. The van der Waals surface area contributed by atoms with Crippen LogP contribution in [0.2, 0.25) is 0 Å². The normalized spacial score (nSPS) is 10.1. The van der Waals surface area contributed by atoms with Crippen LogP contribution < -0.4 is 20.5 Å². The van der Waals surface area contributed by atoms with Gasteiger partial charge >= 0.3 is 5.97 Å². The quantitative estimate of drug-likeness (QED) is 0.468. The van der Waals surface area contributed by atoms with E-state index in [-0.39, 0.29) is 23.8 Å². The van der Waals surface area contributed by atoms with Crippen molar-refractivity contribution in [3.05, 3.63) is 78.4 Å². The van der Waals surface area contributed by atoms with Gasteiger partial charge in [0.2, 0.25) is 0 Å². The molecule has 29 heavy (non-hydrogen) atoms. The number of nitrogens with two attached hydrogens (primary N) is 1. The van der Waals surface area contributed by atoms with Crippen LogP contribution in [-0.2, 0) is 9.53 Å². The zero-order valence-corrected chi connectivity index (χ0v) is 15.8. The Hall–Kier alpha value is -4.00. The lowest BCUT2D eigenvalue weighted by molar-refractivity contribution is -0.118. The lowest BCUT2D eigenvalue weighted by Gasteiger charge is -2.11. The summed E-state index contributed by atoms with van der Waals surface area (Å²) in [6, 6.07) is 20.8. The first-order valence-corrected chi connectivity index (χ1v) is 8.78.